The SMILES string of the molecule is CCCCCCCCOC(=O)CCSCCC(CCCCC(=O)NC(CCSCCC(=O)OCC(CCCCCC)CCCCCCCC)C(=O)NCCN(C)C)SCCC(=O)OCCCCCCCC. The van der Waals surface area contributed by atoms with Crippen LogP contribution < -0.4 is 10.6 Å². The van der Waals surface area contributed by atoms with E-state index >= 15 is 0 Å². The van der Waals surface area contributed by atoms with Gasteiger partial charge in [-0.2, -0.15) is 35.3 Å². The summed E-state index contributed by atoms with van der Waals surface area (Å²) in [5.74, 6) is 3.30. The normalized spacial score (nSPS) is 12.7. The van der Waals surface area contributed by atoms with E-state index in [1.807, 2.05) is 19.0 Å². The Balaban J connectivity index is 5.04. The average molecular weight is 1060 g/mol. The van der Waals surface area contributed by atoms with Crippen LogP contribution in [0.2, 0.25) is 0 Å². The van der Waals surface area contributed by atoms with Gasteiger partial charge in [-0.25, -0.2) is 0 Å². The van der Waals surface area contributed by atoms with E-state index < -0.39 is 6.04 Å². The third kappa shape index (κ3) is 49.0. The molecule has 11 nitrogen and oxygen atoms in total. The van der Waals surface area contributed by atoms with Crippen LogP contribution in [0.4, 0.5) is 0 Å². The maximum Gasteiger partial charge on any atom is 0.306 e. The van der Waals surface area contributed by atoms with Crippen LogP contribution in [-0.4, -0.2) is 122 Å². The second kappa shape index (κ2) is 53.2. The number of thioether (sulfide) groups is 3. The maximum absolute atomic E-state index is 13.3. The summed E-state index contributed by atoms with van der Waals surface area (Å²) in [4.78, 5) is 66.2. The lowest BCUT2D eigenvalue weighted by Crippen LogP contribution is -2.48. The maximum atomic E-state index is 13.3. The Bertz CT molecular complexity index is 1260. The first-order valence-electron chi connectivity index (χ1n) is 29.0. The van der Waals surface area contributed by atoms with Crippen LogP contribution in [0.25, 0.3) is 0 Å². The highest BCUT2D eigenvalue weighted by molar-refractivity contribution is 8.00. The van der Waals surface area contributed by atoms with E-state index in [-0.39, 0.29) is 29.7 Å². The number of hydrogen-bond donors (Lipinski definition) is 2. The molecule has 0 aliphatic carbocycles. The average Bonchev–Trinajstić information content (AvgIpc) is 3.34. The Morgan fingerprint density at radius 1 is 0.465 bits per heavy atom. The number of likely N-dealkylation sites (N-methyl/N-ethyl adjacent to an activating group) is 1. The van der Waals surface area contributed by atoms with Crippen LogP contribution in [0.15, 0.2) is 0 Å². The molecule has 71 heavy (non-hydrogen) atoms. The van der Waals surface area contributed by atoms with E-state index in [2.05, 4.69) is 38.3 Å². The molecule has 3 unspecified atom stereocenters. The van der Waals surface area contributed by atoms with Crippen molar-refractivity contribution in [2.24, 2.45) is 5.92 Å². The van der Waals surface area contributed by atoms with Crippen molar-refractivity contribution in [3.05, 3.63) is 0 Å². The van der Waals surface area contributed by atoms with Crippen molar-refractivity contribution in [3.8, 4) is 0 Å². The molecule has 2 N–H and O–H groups in total. The topological polar surface area (TPSA) is 140 Å². The molecule has 0 spiro atoms. The zero-order valence-corrected chi connectivity index (χ0v) is 49.0. The van der Waals surface area contributed by atoms with Gasteiger partial charge in [0.25, 0.3) is 0 Å². The van der Waals surface area contributed by atoms with Gasteiger partial charge in [0, 0.05) is 42.0 Å². The Morgan fingerprint density at radius 2 is 0.915 bits per heavy atom. The van der Waals surface area contributed by atoms with E-state index in [1.54, 1.807) is 35.3 Å². The molecule has 0 aromatic heterocycles. The summed E-state index contributed by atoms with van der Waals surface area (Å²) in [6.07, 6.45) is 34.1. The van der Waals surface area contributed by atoms with E-state index in [0.717, 1.165) is 69.3 Å². The largest absolute Gasteiger partial charge is 0.466 e. The van der Waals surface area contributed by atoms with E-state index in [0.29, 0.717) is 99.9 Å². The summed E-state index contributed by atoms with van der Waals surface area (Å²) in [5.41, 5.74) is 0. The van der Waals surface area contributed by atoms with E-state index in [4.69, 9.17) is 14.2 Å². The highest BCUT2D eigenvalue weighted by Crippen LogP contribution is 2.25. The van der Waals surface area contributed by atoms with Gasteiger partial charge in [-0.05, 0) is 82.9 Å². The summed E-state index contributed by atoms with van der Waals surface area (Å²) < 4.78 is 16.8. The van der Waals surface area contributed by atoms with Crippen LogP contribution in [-0.2, 0) is 38.2 Å². The number of rotatable bonds is 54. The Kier molecular flexibility index (Phi) is 52.0. The Morgan fingerprint density at radius 3 is 1.45 bits per heavy atom. The third-order valence-electron chi connectivity index (χ3n) is 12.8. The molecule has 0 aliphatic rings. The van der Waals surface area contributed by atoms with E-state index in [9.17, 15) is 24.0 Å². The Hall–Kier alpha value is -1.64. The van der Waals surface area contributed by atoms with Crippen molar-refractivity contribution in [1.29, 1.82) is 0 Å². The van der Waals surface area contributed by atoms with Crippen molar-refractivity contribution >= 4 is 65.0 Å². The van der Waals surface area contributed by atoms with Gasteiger partial charge in [-0.3, -0.25) is 24.0 Å². The number of carbonyl (C=O) groups excluding carboxylic acids is 5. The number of carbonyl (C=O) groups is 5. The summed E-state index contributed by atoms with van der Waals surface area (Å²) in [6.45, 7) is 11.6. The molecule has 2 amide bonds. The molecule has 0 heterocycles. The minimum absolute atomic E-state index is 0.121. The highest BCUT2D eigenvalue weighted by Gasteiger charge is 2.21. The number of unbranched alkanes of at least 4 members (excludes halogenated alkanes) is 19. The fourth-order valence-corrected chi connectivity index (χ4v) is 11.5. The fourth-order valence-electron chi connectivity index (χ4n) is 8.22. The van der Waals surface area contributed by atoms with Crippen molar-refractivity contribution in [1.82, 2.24) is 15.5 Å². The minimum atomic E-state index is -0.645. The molecule has 0 aliphatic heterocycles. The van der Waals surface area contributed by atoms with Gasteiger partial charge in [-0.1, -0.05) is 163 Å². The quantitative estimate of drug-likeness (QED) is 0.0340. The van der Waals surface area contributed by atoms with Crippen LogP contribution >= 0.6 is 35.3 Å². The summed E-state index contributed by atoms with van der Waals surface area (Å²) in [5, 5.41) is 6.35. The highest BCUT2D eigenvalue weighted by atomic mass is 32.2. The molecule has 0 aromatic carbocycles. The molecule has 0 rings (SSSR count). The summed E-state index contributed by atoms with van der Waals surface area (Å²) in [6, 6.07) is -0.645. The van der Waals surface area contributed by atoms with Gasteiger partial charge in [-0.15, -0.1) is 0 Å². The molecule has 0 fully saturated rings. The molecular formula is C57H109N3O8S3. The first-order valence-corrected chi connectivity index (χ1v) is 32.4. The monoisotopic (exact) mass is 1060 g/mol. The lowest BCUT2D eigenvalue weighted by molar-refractivity contribution is -0.145. The lowest BCUT2D eigenvalue weighted by Gasteiger charge is -2.20. The minimum Gasteiger partial charge on any atom is -0.466 e. The zero-order valence-electron chi connectivity index (χ0n) is 46.6. The van der Waals surface area contributed by atoms with Crippen LogP contribution in [0.5, 0.6) is 0 Å². The van der Waals surface area contributed by atoms with Gasteiger partial charge < -0.3 is 29.7 Å². The molecule has 0 bridgehead atoms. The van der Waals surface area contributed by atoms with Gasteiger partial charge in [0.2, 0.25) is 11.8 Å². The van der Waals surface area contributed by atoms with Gasteiger partial charge >= 0.3 is 17.9 Å². The van der Waals surface area contributed by atoms with Crippen LogP contribution in [0.3, 0.4) is 0 Å². The molecule has 0 radical (unpaired) electrons. The molecule has 0 saturated carbocycles. The number of nitrogens with one attached hydrogen (secondary N) is 2. The van der Waals surface area contributed by atoms with Crippen molar-refractivity contribution in [3.63, 3.8) is 0 Å². The van der Waals surface area contributed by atoms with Crippen molar-refractivity contribution in [2.75, 3.05) is 75.8 Å². The predicted octanol–water partition coefficient (Wildman–Crippen LogP) is 13.9. The summed E-state index contributed by atoms with van der Waals surface area (Å²) in [7, 11) is 3.92. The second-order valence-electron chi connectivity index (χ2n) is 19.9. The van der Waals surface area contributed by atoms with E-state index in [1.165, 1.54) is 116 Å². The number of hydrogen-bond acceptors (Lipinski definition) is 12. The van der Waals surface area contributed by atoms with Crippen molar-refractivity contribution in [2.45, 2.75) is 251 Å². The number of nitrogens with zero attached hydrogens (tertiary/aromatic N) is 1. The fraction of sp³-hybridized carbons (Fsp3) is 0.912. The first-order chi connectivity index (χ1) is 34.6. The number of ether oxygens (including phenoxy) is 3. The number of esters is 3. The van der Waals surface area contributed by atoms with Gasteiger partial charge in [0.1, 0.15) is 6.04 Å². The smallest absolute Gasteiger partial charge is 0.306 e. The predicted molar refractivity (Wildman–Crippen MR) is 306 cm³/mol. The molecule has 0 aromatic rings. The first kappa shape index (κ1) is 69.4. The number of amides is 2. The van der Waals surface area contributed by atoms with Crippen molar-refractivity contribution < 1.29 is 38.2 Å². The summed E-state index contributed by atoms with van der Waals surface area (Å²) >= 11 is 5.20. The lowest BCUT2D eigenvalue weighted by atomic mass is 9.95. The zero-order chi connectivity index (χ0) is 52.3. The van der Waals surface area contributed by atoms with Gasteiger partial charge in [0.05, 0.1) is 39.1 Å². The molecule has 0 saturated heterocycles. The Labute approximate surface area is 449 Å². The second-order valence-corrected chi connectivity index (χ2v) is 23.8. The third-order valence-corrected chi connectivity index (χ3v) is 16.2. The molecular weight excluding hydrogens is 951 g/mol. The molecule has 3 atom stereocenters. The van der Waals surface area contributed by atoms with Gasteiger partial charge in [0.15, 0.2) is 0 Å². The van der Waals surface area contributed by atoms with Crippen LogP contribution in [0, 0.1) is 5.92 Å². The molecule has 14 heteroatoms. The molecule has 418 valence electrons. The van der Waals surface area contributed by atoms with Crippen LogP contribution in [0.1, 0.15) is 240 Å². The standard InChI is InChI=1S/C57H109N3O8S3/c1-7-11-15-19-22-26-32-50(31-25-18-14-10-4)49-68-56(64)38-47-70-45-36-52(57(65)58-40-41-60(5)6)59-53(61)34-28-27-33-51(71-48-39-55(63)67-43-30-24-21-17-13-9-3)35-44-69-46-37-54(62)66-42-29-23-20-16-12-8-2/h50-52H,7-49H2,1-6H3,(H,58,65)(H,59,61).